The van der Waals surface area contributed by atoms with Crippen LogP contribution in [0.25, 0.3) is 72.8 Å². The van der Waals surface area contributed by atoms with Gasteiger partial charge in [0.15, 0.2) is 17.5 Å². The van der Waals surface area contributed by atoms with Gasteiger partial charge in [-0.25, -0.2) is 15.0 Å². The quantitative estimate of drug-likeness (QED) is 0.172. The number of benzene rings is 6. The van der Waals surface area contributed by atoms with E-state index in [-0.39, 0.29) is 0 Å². The van der Waals surface area contributed by atoms with Gasteiger partial charge in [-0.05, 0) is 109 Å². The Balaban J connectivity index is 1.03. The minimum Gasteiger partial charge on any atom is -0.309 e. The van der Waals surface area contributed by atoms with Gasteiger partial charge in [-0.1, -0.05) is 115 Å². The first-order valence-electron chi connectivity index (χ1n) is 19.7. The molecule has 0 radical (unpaired) electrons. The van der Waals surface area contributed by atoms with Gasteiger partial charge in [-0.2, -0.15) is 5.26 Å². The summed E-state index contributed by atoms with van der Waals surface area (Å²) in [7, 11) is 0. The number of aromatic nitrogens is 4. The van der Waals surface area contributed by atoms with Crippen LogP contribution in [0.3, 0.4) is 0 Å². The molecule has 264 valence electrons. The standard InChI is InChI=1S/C50H39N5/c51-31-32-17-22-43-42-14-6-7-16-45(42)55(46(43)26-32)40-12-8-11-38(27-40)48-52-47(37-9-2-1-3-10-37)53-49(54-48)44-15-5-4-13-41(44)36-18-20-39(21-19-36)50-28-33-23-34(29-50)25-35(24-33)30-50/h1-22,26-27,33-35H,23-25,28-30H2/t33-,34+,35?,50?. The van der Waals surface area contributed by atoms with Crippen LogP contribution in [0.5, 0.6) is 0 Å². The molecular weight excluding hydrogens is 671 g/mol. The lowest BCUT2D eigenvalue weighted by molar-refractivity contribution is -0.00518. The first kappa shape index (κ1) is 32.1. The van der Waals surface area contributed by atoms with E-state index in [1.165, 1.54) is 49.7 Å². The molecule has 4 bridgehead atoms. The van der Waals surface area contributed by atoms with E-state index >= 15 is 0 Å². The fourth-order valence-corrected chi connectivity index (χ4v) is 10.8. The second-order valence-corrected chi connectivity index (χ2v) is 16.2. The van der Waals surface area contributed by atoms with E-state index in [2.05, 4.69) is 126 Å². The highest BCUT2D eigenvalue weighted by Gasteiger charge is 2.51. The molecule has 0 atom stereocenters. The largest absolute Gasteiger partial charge is 0.309 e. The first-order chi connectivity index (χ1) is 27.1. The number of nitriles is 1. The highest BCUT2D eigenvalue weighted by atomic mass is 15.0. The van der Waals surface area contributed by atoms with Gasteiger partial charge >= 0.3 is 0 Å². The van der Waals surface area contributed by atoms with Crippen LogP contribution >= 0.6 is 0 Å². The molecule has 4 aliphatic carbocycles. The average molecular weight is 710 g/mol. The minimum atomic E-state index is 0.367. The van der Waals surface area contributed by atoms with Gasteiger partial charge in [0.05, 0.1) is 22.7 Å². The van der Waals surface area contributed by atoms with E-state index in [1.807, 2.05) is 30.3 Å². The molecule has 0 unspecified atom stereocenters. The molecule has 5 nitrogen and oxygen atoms in total. The van der Waals surface area contributed by atoms with Gasteiger partial charge in [-0.3, -0.25) is 0 Å². The van der Waals surface area contributed by atoms with Crippen molar-refractivity contribution in [1.29, 1.82) is 5.26 Å². The highest BCUT2D eigenvalue weighted by Crippen LogP contribution is 2.60. The number of hydrogen-bond acceptors (Lipinski definition) is 4. The molecule has 4 saturated carbocycles. The van der Waals surface area contributed by atoms with E-state index in [0.717, 1.165) is 67.5 Å². The molecule has 8 aromatic rings. The van der Waals surface area contributed by atoms with E-state index in [9.17, 15) is 5.26 Å². The third-order valence-electron chi connectivity index (χ3n) is 12.8. The molecule has 6 aromatic carbocycles. The zero-order valence-corrected chi connectivity index (χ0v) is 30.6. The predicted octanol–water partition coefficient (Wildman–Crippen LogP) is 12.0. The number of fused-ring (bicyclic) bond motifs is 3. The molecule has 2 heterocycles. The molecular formula is C50H39N5. The van der Waals surface area contributed by atoms with Crippen molar-refractivity contribution in [3.8, 4) is 57.0 Å². The van der Waals surface area contributed by atoms with Crippen LogP contribution in [0.1, 0.15) is 49.7 Å². The second kappa shape index (κ2) is 12.6. The highest BCUT2D eigenvalue weighted by molar-refractivity contribution is 6.09. The molecule has 0 amide bonds. The van der Waals surface area contributed by atoms with Crippen LogP contribution < -0.4 is 0 Å². The Morgan fingerprint density at radius 2 is 1.13 bits per heavy atom. The summed E-state index contributed by atoms with van der Waals surface area (Å²) >= 11 is 0. The van der Waals surface area contributed by atoms with Crippen molar-refractivity contribution in [3.05, 3.63) is 157 Å². The van der Waals surface area contributed by atoms with E-state index in [4.69, 9.17) is 15.0 Å². The van der Waals surface area contributed by atoms with Gasteiger partial charge in [0.1, 0.15) is 0 Å². The van der Waals surface area contributed by atoms with Crippen LogP contribution in [-0.4, -0.2) is 19.5 Å². The molecule has 2 aromatic heterocycles. The Bertz CT molecular complexity index is 2770. The van der Waals surface area contributed by atoms with Crippen molar-refractivity contribution in [2.45, 2.75) is 43.9 Å². The van der Waals surface area contributed by atoms with Crippen LogP contribution in [-0.2, 0) is 5.41 Å². The Kier molecular flexibility index (Phi) is 7.35. The summed E-state index contributed by atoms with van der Waals surface area (Å²) in [5, 5.41) is 12.0. The molecule has 0 spiro atoms. The van der Waals surface area contributed by atoms with Crippen molar-refractivity contribution in [3.63, 3.8) is 0 Å². The van der Waals surface area contributed by atoms with Crippen molar-refractivity contribution in [2.24, 2.45) is 17.8 Å². The molecule has 55 heavy (non-hydrogen) atoms. The lowest BCUT2D eigenvalue weighted by Crippen LogP contribution is -2.48. The van der Waals surface area contributed by atoms with Gasteiger partial charge in [0.2, 0.25) is 0 Å². The Hall–Kier alpha value is -6.38. The summed E-state index contributed by atoms with van der Waals surface area (Å²) in [4.78, 5) is 15.5. The Morgan fingerprint density at radius 3 is 1.87 bits per heavy atom. The molecule has 4 aliphatic rings. The second-order valence-electron chi connectivity index (χ2n) is 16.2. The van der Waals surface area contributed by atoms with E-state index in [0.29, 0.717) is 28.5 Å². The molecule has 0 N–H and O–H groups in total. The molecule has 0 saturated heterocycles. The predicted molar refractivity (Wildman–Crippen MR) is 220 cm³/mol. The summed E-state index contributed by atoms with van der Waals surface area (Å²) in [6.07, 6.45) is 8.46. The first-order valence-corrected chi connectivity index (χ1v) is 19.7. The lowest BCUT2D eigenvalue weighted by atomic mass is 9.48. The zero-order chi connectivity index (χ0) is 36.5. The Labute approximate surface area is 321 Å². The van der Waals surface area contributed by atoms with Crippen LogP contribution in [0, 0.1) is 29.1 Å². The van der Waals surface area contributed by atoms with Gasteiger partial charge in [0, 0.05) is 33.2 Å². The summed E-state index contributed by atoms with van der Waals surface area (Å²) < 4.78 is 2.23. The van der Waals surface area contributed by atoms with Crippen molar-refractivity contribution in [2.75, 3.05) is 0 Å². The fraction of sp³-hybridized carbons (Fsp3) is 0.200. The number of nitrogens with zero attached hydrogens (tertiary/aromatic N) is 5. The maximum atomic E-state index is 9.78. The number of hydrogen-bond donors (Lipinski definition) is 0. The third kappa shape index (κ3) is 5.39. The summed E-state index contributed by atoms with van der Waals surface area (Å²) in [6.45, 7) is 0. The number of para-hydroxylation sites is 1. The zero-order valence-electron chi connectivity index (χ0n) is 30.6. The van der Waals surface area contributed by atoms with Gasteiger partial charge in [0.25, 0.3) is 0 Å². The van der Waals surface area contributed by atoms with Gasteiger partial charge < -0.3 is 4.57 Å². The minimum absolute atomic E-state index is 0.367. The van der Waals surface area contributed by atoms with E-state index in [1.54, 1.807) is 0 Å². The molecule has 4 fully saturated rings. The van der Waals surface area contributed by atoms with Crippen LogP contribution in [0.15, 0.2) is 146 Å². The van der Waals surface area contributed by atoms with Crippen LogP contribution in [0.4, 0.5) is 0 Å². The van der Waals surface area contributed by atoms with Crippen molar-refractivity contribution >= 4 is 21.8 Å². The van der Waals surface area contributed by atoms with Gasteiger partial charge in [-0.15, -0.1) is 0 Å². The van der Waals surface area contributed by atoms with E-state index < -0.39 is 0 Å². The summed E-state index contributed by atoms with van der Waals surface area (Å²) in [5.74, 6) is 4.64. The average Bonchev–Trinajstić information content (AvgIpc) is 3.57. The molecule has 5 heteroatoms. The monoisotopic (exact) mass is 709 g/mol. The maximum Gasteiger partial charge on any atom is 0.164 e. The van der Waals surface area contributed by atoms with Crippen molar-refractivity contribution in [1.82, 2.24) is 19.5 Å². The lowest BCUT2D eigenvalue weighted by Gasteiger charge is -2.57. The topological polar surface area (TPSA) is 67.4 Å². The SMILES string of the molecule is N#Cc1ccc2c3ccccc3n(-c3cccc(-c4nc(-c5ccccc5)nc(-c5ccccc5-c5ccc(C67CC8C[C@H](C6)C[C@@H](C8)C7)cc5)n4)c3)c2c1. The number of rotatable bonds is 6. The Morgan fingerprint density at radius 1 is 0.509 bits per heavy atom. The fourth-order valence-electron chi connectivity index (χ4n) is 10.8. The summed E-state index contributed by atoms with van der Waals surface area (Å²) in [5.41, 5.74) is 10.7. The normalized spacial score (nSPS) is 21.3. The smallest absolute Gasteiger partial charge is 0.164 e. The molecule has 12 rings (SSSR count). The molecule has 0 aliphatic heterocycles. The third-order valence-corrected chi connectivity index (χ3v) is 12.8. The van der Waals surface area contributed by atoms with Crippen LogP contribution in [0.2, 0.25) is 0 Å². The summed E-state index contributed by atoms with van der Waals surface area (Å²) in [6, 6.07) is 53.2. The van der Waals surface area contributed by atoms with Crippen molar-refractivity contribution < 1.29 is 0 Å². The maximum absolute atomic E-state index is 9.78.